The zero-order valence-electron chi connectivity index (χ0n) is 9.19. The van der Waals surface area contributed by atoms with E-state index in [1.807, 2.05) is 6.07 Å². The molecule has 1 aromatic rings. The van der Waals surface area contributed by atoms with Crippen molar-refractivity contribution in [3.05, 3.63) is 27.1 Å². The molecule has 1 nitrogen and oxygen atoms in total. The van der Waals surface area contributed by atoms with Crippen LogP contribution in [0.3, 0.4) is 0 Å². The maximum atomic E-state index is 3.54. The number of halogens is 2. The Bertz CT molecular complexity index is 308. The van der Waals surface area contributed by atoms with Gasteiger partial charge in [-0.05, 0) is 40.0 Å². The summed E-state index contributed by atoms with van der Waals surface area (Å²) in [7, 11) is 0. The summed E-state index contributed by atoms with van der Waals surface area (Å²) in [6.45, 7) is 5.53. The van der Waals surface area contributed by atoms with Crippen LogP contribution in [0.2, 0.25) is 0 Å². The quantitative estimate of drug-likeness (QED) is 0.793. The van der Waals surface area contributed by atoms with Crippen LogP contribution in [0.25, 0.3) is 0 Å². The van der Waals surface area contributed by atoms with Gasteiger partial charge < -0.3 is 5.32 Å². The highest BCUT2D eigenvalue weighted by Crippen LogP contribution is 2.26. The summed E-state index contributed by atoms with van der Waals surface area (Å²) in [4.78, 5) is 0. The normalized spacial score (nSPS) is 10.7. The summed E-state index contributed by atoms with van der Waals surface area (Å²) in [6, 6.07) is 6.19. The van der Waals surface area contributed by atoms with E-state index in [4.69, 9.17) is 0 Å². The van der Waals surface area contributed by atoms with Crippen molar-refractivity contribution in [3.63, 3.8) is 0 Å². The van der Waals surface area contributed by atoms with E-state index < -0.39 is 0 Å². The molecular weight excluding hydrogens is 318 g/mol. The van der Waals surface area contributed by atoms with Crippen molar-refractivity contribution in [2.45, 2.75) is 26.7 Å². The van der Waals surface area contributed by atoms with Gasteiger partial charge in [0.1, 0.15) is 0 Å². The molecule has 0 aliphatic heterocycles. The van der Waals surface area contributed by atoms with E-state index in [0.717, 1.165) is 27.1 Å². The fourth-order valence-corrected chi connectivity index (χ4v) is 2.21. The molecule has 0 heterocycles. The molecule has 0 bridgehead atoms. The van der Waals surface area contributed by atoms with Crippen molar-refractivity contribution < 1.29 is 0 Å². The van der Waals surface area contributed by atoms with Gasteiger partial charge in [-0.1, -0.05) is 42.6 Å². The second-order valence-corrected chi connectivity index (χ2v) is 5.46. The molecule has 0 aliphatic rings. The first kappa shape index (κ1) is 13.0. The Labute approximate surface area is 109 Å². The summed E-state index contributed by atoms with van der Waals surface area (Å²) in [5, 5.41) is 3.48. The summed E-state index contributed by atoms with van der Waals surface area (Å²) in [5.41, 5.74) is 1.16. The van der Waals surface area contributed by atoms with Crippen LogP contribution in [0.4, 0.5) is 5.69 Å². The fourth-order valence-electron chi connectivity index (χ4n) is 1.46. The standard InChI is InChI=1S/C12H17Br2N/c1-3-9(4-2)8-15-12-7-10(13)5-6-11(12)14/h5-7,9,15H,3-4,8H2,1-2H3. The Morgan fingerprint density at radius 1 is 1.20 bits per heavy atom. The van der Waals surface area contributed by atoms with Crippen LogP contribution in [0.5, 0.6) is 0 Å². The molecule has 0 amide bonds. The van der Waals surface area contributed by atoms with Gasteiger partial charge in [0.15, 0.2) is 0 Å². The molecule has 0 unspecified atom stereocenters. The summed E-state index contributed by atoms with van der Waals surface area (Å²) in [5.74, 6) is 0.760. The minimum absolute atomic E-state index is 0.760. The molecule has 0 aliphatic carbocycles. The predicted octanol–water partition coefficient (Wildman–Crippen LogP) is 5.06. The van der Waals surface area contributed by atoms with E-state index >= 15 is 0 Å². The van der Waals surface area contributed by atoms with E-state index in [1.165, 1.54) is 12.8 Å². The highest BCUT2D eigenvalue weighted by molar-refractivity contribution is 9.11. The van der Waals surface area contributed by atoms with Crippen LogP contribution >= 0.6 is 31.9 Å². The first-order chi connectivity index (χ1) is 7.17. The second kappa shape index (κ2) is 6.54. The monoisotopic (exact) mass is 333 g/mol. The van der Waals surface area contributed by atoms with Gasteiger partial charge in [0.05, 0.1) is 0 Å². The lowest BCUT2D eigenvalue weighted by atomic mass is 10.0. The topological polar surface area (TPSA) is 12.0 Å². The molecule has 1 aromatic carbocycles. The van der Waals surface area contributed by atoms with Crippen molar-refractivity contribution >= 4 is 37.5 Å². The second-order valence-electron chi connectivity index (χ2n) is 3.69. The van der Waals surface area contributed by atoms with Crippen LogP contribution in [0.1, 0.15) is 26.7 Å². The van der Waals surface area contributed by atoms with Crippen LogP contribution in [0.15, 0.2) is 27.1 Å². The van der Waals surface area contributed by atoms with Gasteiger partial charge in [-0.2, -0.15) is 0 Å². The molecule has 84 valence electrons. The maximum absolute atomic E-state index is 3.54. The van der Waals surface area contributed by atoms with Crippen LogP contribution in [-0.4, -0.2) is 6.54 Å². The van der Waals surface area contributed by atoms with Gasteiger partial charge >= 0.3 is 0 Å². The third-order valence-corrected chi connectivity index (χ3v) is 3.85. The third kappa shape index (κ3) is 4.15. The van der Waals surface area contributed by atoms with Crippen molar-refractivity contribution in [1.82, 2.24) is 0 Å². The first-order valence-corrected chi connectivity index (χ1v) is 6.94. The molecule has 1 N–H and O–H groups in total. The Kier molecular flexibility index (Phi) is 5.69. The fraction of sp³-hybridized carbons (Fsp3) is 0.500. The lowest BCUT2D eigenvalue weighted by Gasteiger charge is -2.15. The maximum Gasteiger partial charge on any atom is 0.0496 e. The summed E-state index contributed by atoms with van der Waals surface area (Å²) in [6.07, 6.45) is 2.46. The van der Waals surface area contributed by atoms with Gasteiger partial charge in [-0.15, -0.1) is 0 Å². The molecular formula is C12H17Br2N. The van der Waals surface area contributed by atoms with Crippen LogP contribution in [-0.2, 0) is 0 Å². The van der Waals surface area contributed by atoms with E-state index in [9.17, 15) is 0 Å². The number of hydrogen-bond donors (Lipinski definition) is 1. The van der Waals surface area contributed by atoms with Crippen LogP contribution in [0, 0.1) is 5.92 Å². The Morgan fingerprint density at radius 3 is 2.47 bits per heavy atom. The van der Waals surface area contributed by atoms with E-state index in [2.05, 4.69) is 63.2 Å². The molecule has 0 spiro atoms. The van der Waals surface area contributed by atoms with Gasteiger partial charge in [0.25, 0.3) is 0 Å². The Hall–Kier alpha value is -0.0200. The molecule has 0 atom stereocenters. The van der Waals surface area contributed by atoms with Gasteiger partial charge in [-0.3, -0.25) is 0 Å². The van der Waals surface area contributed by atoms with Crippen molar-refractivity contribution in [3.8, 4) is 0 Å². The minimum atomic E-state index is 0.760. The number of hydrogen-bond acceptors (Lipinski definition) is 1. The highest BCUT2D eigenvalue weighted by Gasteiger charge is 2.05. The van der Waals surface area contributed by atoms with Gasteiger partial charge in [0.2, 0.25) is 0 Å². The molecule has 1 rings (SSSR count). The Morgan fingerprint density at radius 2 is 1.87 bits per heavy atom. The molecule has 0 saturated heterocycles. The molecule has 0 aromatic heterocycles. The predicted molar refractivity (Wildman–Crippen MR) is 74.4 cm³/mol. The van der Waals surface area contributed by atoms with Crippen molar-refractivity contribution in [2.24, 2.45) is 5.92 Å². The third-order valence-electron chi connectivity index (χ3n) is 2.66. The first-order valence-electron chi connectivity index (χ1n) is 5.36. The number of anilines is 1. The molecule has 0 saturated carbocycles. The summed E-state index contributed by atoms with van der Waals surface area (Å²) >= 11 is 7.02. The molecule has 15 heavy (non-hydrogen) atoms. The van der Waals surface area contributed by atoms with Gasteiger partial charge in [-0.25, -0.2) is 0 Å². The number of benzene rings is 1. The van der Waals surface area contributed by atoms with Crippen molar-refractivity contribution in [2.75, 3.05) is 11.9 Å². The lowest BCUT2D eigenvalue weighted by Crippen LogP contribution is -2.12. The van der Waals surface area contributed by atoms with Crippen molar-refractivity contribution in [1.29, 1.82) is 0 Å². The largest absolute Gasteiger partial charge is 0.384 e. The number of rotatable bonds is 5. The SMILES string of the molecule is CCC(CC)CNc1cc(Br)ccc1Br. The average Bonchev–Trinajstić information content (AvgIpc) is 2.24. The number of nitrogens with one attached hydrogen (secondary N) is 1. The average molecular weight is 335 g/mol. The molecule has 3 heteroatoms. The van der Waals surface area contributed by atoms with E-state index in [0.29, 0.717) is 0 Å². The molecule has 0 radical (unpaired) electrons. The lowest BCUT2D eigenvalue weighted by molar-refractivity contribution is 0.519. The van der Waals surface area contributed by atoms with E-state index in [-0.39, 0.29) is 0 Å². The smallest absolute Gasteiger partial charge is 0.0496 e. The Balaban J connectivity index is 2.60. The zero-order valence-corrected chi connectivity index (χ0v) is 12.4. The van der Waals surface area contributed by atoms with Gasteiger partial charge in [0, 0.05) is 21.2 Å². The minimum Gasteiger partial charge on any atom is -0.384 e. The molecule has 0 fully saturated rings. The zero-order chi connectivity index (χ0) is 11.3. The summed E-state index contributed by atoms with van der Waals surface area (Å²) < 4.78 is 2.23. The van der Waals surface area contributed by atoms with E-state index in [1.54, 1.807) is 0 Å². The van der Waals surface area contributed by atoms with Crippen LogP contribution < -0.4 is 5.32 Å². The highest BCUT2D eigenvalue weighted by atomic mass is 79.9.